The van der Waals surface area contributed by atoms with Crippen LogP contribution in [0.15, 0.2) is 41.5 Å². The Morgan fingerprint density at radius 1 is 1.13 bits per heavy atom. The van der Waals surface area contributed by atoms with Gasteiger partial charge in [-0.05, 0) is 42.0 Å². The van der Waals surface area contributed by atoms with Gasteiger partial charge in [0.2, 0.25) is 0 Å². The number of hydrogen-bond donors (Lipinski definition) is 2. The van der Waals surface area contributed by atoms with Gasteiger partial charge in [-0.25, -0.2) is 0 Å². The SMILES string of the molecule is NC(=S)NN=Cc1ccc(N2CCN(Cc3ccc(Cl)cc3Cl)CC2)cc1C(F)(F)F. The maximum absolute atomic E-state index is 13.6. The van der Waals surface area contributed by atoms with Gasteiger partial charge in [0.1, 0.15) is 0 Å². The molecule has 2 aromatic carbocycles. The van der Waals surface area contributed by atoms with Crippen molar-refractivity contribution in [1.82, 2.24) is 10.3 Å². The summed E-state index contributed by atoms with van der Waals surface area (Å²) >= 11 is 16.8. The van der Waals surface area contributed by atoms with E-state index in [-0.39, 0.29) is 10.7 Å². The fraction of sp³-hybridized carbons (Fsp3) is 0.300. The van der Waals surface area contributed by atoms with Gasteiger partial charge in [-0.15, -0.1) is 0 Å². The minimum Gasteiger partial charge on any atom is -0.375 e. The molecule has 0 saturated carbocycles. The van der Waals surface area contributed by atoms with Crippen LogP contribution < -0.4 is 16.1 Å². The summed E-state index contributed by atoms with van der Waals surface area (Å²) < 4.78 is 40.7. The van der Waals surface area contributed by atoms with E-state index in [1.165, 1.54) is 6.07 Å². The van der Waals surface area contributed by atoms with Crippen molar-refractivity contribution in [1.29, 1.82) is 0 Å². The molecule has 1 saturated heterocycles. The normalized spacial score (nSPS) is 15.5. The number of anilines is 1. The minimum atomic E-state index is -4.52. The van der Waals surface area contributed by atoms with Crippen molar-refractivity contribution in [3.8, 4) is 0 Å². The Hall–Kier alpha value is -2.07. The third-order valence-corrected chi connectivity index (χ3v) is 5.55. The van der Waals surface area contributed by atoms with Crippen LogP contribution in [-0.2, 0) is 12.7 Å². The highest BCUT2D eigenvalue weighted by Crippen LogP contribution is 2.34. The quantitative estimate of drug-likeness (QED) is 0.367. The lowest BCUT2D eigenvalue weighted by molar-refractivity contribution is -0.137. The third kappa shape index (κ3) is 6.46. The van der Waals surface area contributed by atoms with E-state index >= 15 is 0 Å². The molecule has 1 aliphatic heterocycles. The lowest BCUT2D eigenvalue weighted by Crippen LogP contribution is -2.46. The van der Waals surface area contributed by atoms with Gasteiger partial charge >= 0.3 is 6.18 Å². The number of hydrogen-bond acceptors (Lipinski definition) is 4. The van der Waals surface area contributed by atoms with Crippen molar-refractivity contribution in [3.05, 3.63) is 63.1 Å². The van der Waals surface area contributed by atoms with Gasteiger partial charge in [0.15, 0.2) is 5.11 Å². The molecule has 0 amide bonds. The van der Waals surface area contributed by atoms with E-state index in [0.717, 1.165) is 17.8 Å². The van der Waals surface area contributed by atoms with Gasteiger partial charge in [-0.1, -0.05) is 35.3 Å². The summed E-state index contributed by atoms with van der Waals surface area (Å²) in [6, 6.07) is 9.58. The molecule has 2 aromatic rings. The van der Waals surface area contributed by atoms with Gasteiger partial charge in [0.05, 0.1) is 11.8 Å². The maximum Gasteiger partial charge on any atom is 0.417 e. The Labute approximate surface area is 193 Å². The molecule has 166 valence electrons. The summed E-state index contributed by atoms with van der Waals surface area (Å²) in [7, 11) is 0. The number of benzene rings is 2. The molecule has 31 heavy (non-hydrogen) atoms. The maximum atomic E-state index is 13.6. The van der Waals surface area contributed by atoms with E-state index in [0.29, 0.717) is 48.5 Å². The number of halogens is 5. The zero-order valence-electron chi connectivity index (χ0n) is 16.3. The molecule has 0 radical (unpaired) electrons. The average Bonchev–Trinajstić information content (AvgIpc) is 2.70. The Kier molecular flexibility index (Phi) is 7.64. The predicted octanol–water partition coefficient (Wildman–Crippen LogP) is 4.50. The topological polar surface area (TPSA) is 56.9 Å². The summed E-state index contributed by atoms with van der Waals surface area (Å²) in [5.74, 6) is 0. The van der Waals surface area contributed by atoms with E-state index in [2.05, 4.69) is 27.6 Å². The standard InChI is InChI=1S/C20H20Cl2F3N5S/c21-15-3-1-14(18(22)9-15)12-29-5-7-30(8-6-29)16-4-2-13(11-27-28-19(26)31)17(10-16)20(23,24)25/h1-4,9-11H,5-8,12H2,(H3,26,28,31). The van der Waals surface area contributed by atoms with Gasteiger partial charge in [-0.3, -0.25) is 10.3 Å². The summed E-state index contributed by atoms with van der Waals surface area (Å²) in [5, 5.41) is 4.69. The van der Waals surface area contributed by atoms with Gasteiger partial charge in [0.25, 0.3) is 0 Å². The number of piperazine rings is 1. The zero-order valence-corrected chi connectivity index (χ0v) is 18.6. The van der Waals surface area contributed by atoms with Crippen LogP contribution in [0.4, 0.5) is 18.9 Å². The lowest BCUT2D eigenvalue weighted by atomic mass is 10.1. The highest BCUT2D eigenvalue weighted by atomic mass is 35.5. The Morgan fingerprint density at radius 2 is 1.84 bits per heavy atom. The number of thiocarbonyl (C=S) groups is 1. The first-order chi connectivity index (χ1) is 14.6. The van der Waals surface area contributed by atoms with Gasteiger partial charge in [-0.2, -0.15) is 18.3 Å². The van der Waals surface area contributed by atoms with E-state index in [1.807, 2.05) is 11.0 Å². The second-order valence-electron chi connectivity index (χ2n) is 7.00. The van der Waals surface area contributed by atoms with Crippen LogP contribution >= 0.6 is 35.4 Å². The largest absolute Gasteiger partial charge is 0.417 e. The fourth-order valence-electron chi connectivity index (χ4n) is 3.32. The Balaban J connectivity index is 1.69. The second kappa shape index (κ2) is 10.0. The molecule has 0 aromatic heterocycles. The molecule has 3 N–H and O–H groups in total. The molecule has 0 bridgehead atoms. The van der Waals surface area contributed by atoms with E-state index in [9.17, 15) is 13.2 Å². The van der Waals surface area contributed by atoms with Crippen molar-refractivity contribution in [2.24, 2.45) is 10.8 Å². The number of nitrogens with one attached hydrogen (secondary N) is 1. The molecule has 0 unspecified atom stereocenters. The van der Waals surface area contributed by atoms with Crippen LogP contribution in [0.5, 0.6) is 0 Å². The Bertz CT molecular complexity index is 976. The highest BCUT2D eigenvalue weighted by molar-refractivity contribution is 7.80. The number of alkyl halides is 3. The van der Waals surface area contributed by atoms with E-state index in [4.69, 9.17) is 28.9 Å². The Morgan fingerprint density at radius 3 is 2.45 bits per heavy atom. The summed E-state index contributed by atoms with van der Waals surface area (Å²) in [6.07, 6.45) is -3.46. The van der Waals surface area contributed by atoms with Crippen molar-refractivity contribution in [2.45, 2.75) is 12.7 Å². The third-order valence-electron chi connectivity index (χ3n) is 4.87. The number of hydrazone groups is 1. The minimum absolute atomic E-state index is 0.0731. The molecule has 3 rings (SSSR count). The summed E-state index contributed by atoms with van der Waals surface area (Å²) in [6.45, 7) is 3.24. The smallest absolute Gasteiger partial charge is 0.375 e. The molecule has 1 aliphatic rings. The molecule has 5 nitrogen and oxygen atoms in total. The summed E-state index contributed by atoms with van der Waals surface area (Å²) in [4.78, 5) is 4.14. The number of rotatable bonds is 5. The fourth-order valence-corrected chi connectivity index (χ4v) is 3.84. The van der Waals surface area contributed by atoms with E-state index < -0.39 is 11.7 Å². The molecule has 0 aliphatic carbocycles. The van der Waals surface area contributed by atoms with E-state index in [1.54, 1.807) is 18.2 Å². The zero-order chi connectivity index (χ0) is 22.6. The van der Waals surface area contributed by atoms with Crippen LogP contribution in [0.1, 0.15) is 16.7 Å². The molecule has 1 fully saturated rings. The first-order valence-corrected chi connectivity index (χ1v) is 10.5. The van der Waals surface area contributed by atoms with Gasteiger partial charge < -0.3 is 10.6 Å². The number of nitrogens with two attached hydrogens (primary N) is 1. The molecule has 0 atom stereocenters. The molecule has 1 heterocycles. The monoisotopic (exact) mass is 489 g/mol. The van der Waals surface area contributed by atoms with Crippen LogP contribution in [0.25, 0.3) is 0 Å². The molecular weight excluding hydrogens is 470 g/mol. The van der Waals surface area contributed by atoms with Crippen LogP contribution in [0.3, 0.4) is 0 Å². The first-order valence-electron chi connectivity index (χ1n) is 9.34. The highest BCUT2D eigenvalue weighted by Gasteiger charge is 2.34. The molecule has 11 heteroatoms. The lowest BCUT2D eigenvalue weighted by Gasteiger charge is -2.36. The molecule has 0 spiro atoms. The summed E-state index contributed by atoms with van der Waals surface area (Å²) in [5.41, 5.74) is 8.13. The number of nitrogens with zero attached hydrogens (tertiary/aromatic N) is 3. The molecular formula is C20H20Cl2F3N5S. The van der Waals surface area contributed by atoms with Crippen LogP contribution in [0.2, 0.25) is 10.0 Å². The van der Waals surface area contributed by atoms with Crippen LogP contribution in [-0.4, -0.2) is 42.4 Å². The second-order valence-corrected chi connectivity index (χ2v) is 8.29. The van der Waals surface area contributed by atoms with Crippen molar-refractivity contribution < 1.29 is 13.2 Å². The predicted molar refractivity (Wildman–Crippen MR) is 123 cm³/mol. The first kappa shape index (κ1) is 23.6. The van der Waals surface area contributed by atoms with Gasteiger partial charge in [0, 0.05) is 54.0 Å². The van der Waals surface area contributed by atoms with Crippen molar-refractivity contribution >= 4 is 52.4 Å². The van der Waals surface area contributed by atoms with Crippen molar-refractivity contribution in [2.75, 3.05) is 31.1 Å². The van der Waals surface area contributed by atoms with Crippen molar-refractivity contribution in [3.63, 3.8) is 0 Å². The average molecular weight is 490 g/mol. The van der Waals surface area contributed by atoms with Crippen LogP contribution in [0, 0.1) is 0 Å².